The van der Waals surface area contributed by atoms with Crippen LogP contribution in [0.25, 0.3) is 0 Å². The van der Waals surface area contributed by atoms with Gasteiger partial charge < -0.3 is 20.3 Å². The molecular weight excluding hydrogens is 282 g/mol. The minimum atomic E-state index is -1.17. The van der Waals surface area contributed by atoms with Crippen LogP contribution in [0, 0.1) is 0 Å². The van der Waals surface area contributed by atoms with Gasteiger partial charge >= 0.3 is 5.97 Å². The molecule has 0 unspecified atom stereocenters. The first-order chi connectivity index (χ1) is 9.51. The average Bonchev–Trinajstić information content (AvgIpc) is 2.59. The van der Waals surface area contributed by atoms with Crippen molar-refractivity contribution in [1.82, 2.24) is 0 Å². The van der Waals surface area contributed by atoms with Gasteiger partial charge in [-0.05, 0) is 36.6 Å². The van der Waals surface area contributed by atoms with E-state index in [4.69, 9.17) is 31.9 Å². The van der Waals surface area contributed by atoms with Crippen LogP contribution < -0.4 is 5.73 Å². The summed E-state index contributed by atoms with van der Waals surface area (Å²) in [6.45, 7) is 0.960. The summed E-state index contributed by atoms with van der Waals surface area (Å²) in [5, 5.41) is 9.66. The molecule has 0 aromatic heterocycles. The molecule has 0 radical (unpaired) electrons. The van der Waals surface area contributed by atoms with Crippen LogP contribution in [0.1, 0.15) is 24.8 Å². The van der Waals surface area contributed by atoms with E-state index in [1.54, 1.807) is 18.2 Å². The molecule has 0 saturated carbocycles. The zero-order chi connectivity index (χ0) is 14.6. The Hall–Kier alpha value is -1.30. The molecule has 1 aliphatic heterocycles. The Balaban J connectivity index is 2.26. The normalized spacial score (nSPS) is 18.4. The van der Waals surface area contributed by atoms with Crippen LogP contribution in [0.5, 0.6) is 0 Å². The van der Waals surface area contributed by atoms with E-state index in [2.05, 4.69) is 0 Å². The van der Waals surface area contributed by atoms with Gasteiger partial charge in [-0.2, -0.15) is 0 Å². The number of aliphatic carboxylic acids is 1. The molecule has 6 heteroatoms. The Morgan fingerprint density at radius 2 is 2.00 bits per heavy atom. The van der Waals surface area contributed by atoms with E-state index in [0.29, 0.717) is 23.9 Å². The van der Waals surface area contributed by atoms with Gasteiger partial charge in [-0.15, -0.1) is 0 Å². The molecule has 20 heavy (non-hydrogen) atoms. The largest absolute Gasteiger partial charge is 0.481 e. The number of carboxylic acids is 1. The Morgan fingerprint density at radius 1 is 1.35 bits per heavy atom. The summed E-state index contributed by atoms with van der Waals surface area (Å²) in [5.41, 5.74) is 7.21. The summed E-state index contributed by atoms with van der Waals surface area (Å²) in [5.74, 6) is -2.13. The molecule has 0 amide bonds. The lowest BCUT2D eigenvalue weighted by Gasteiger charge is -2.31. The fourth-order valence-corrected chi connectivity index (χ4v) is 2.47. The average molecular weight is 300 g/mol. The van der Waals surface area contributed by atoms with Crippen molar-refractivity contribution in [3.63, 3.8) is 0 Å². The van der Waals surface area contributed by atoms with E-state index in [-0.39, 0.29) is 12.8 Å². The number of hydrogen-bond donors (Lipinski definition) is 2. The molecule has 3 N–H and O–H groups in total. The quantitative estimate of drug-likeness (QED) is 0.835. The van der Waals surface area contributed by atoms with E-state index in [1.807, 2.05) is 0 Å². The van der Waals surface area contributed by atoms with Crippen LogP contribution in [0.15, 0.2) is 18.2 Å². The Kier molecular flexibility index (Phi) is 4.86. The summed E-state index contributed by atoms with van der Waals surface area (Å²) < 4.78 is 11.4. The lowest BCUT2D eigenvalue weighted by Crippen LogP contribution is -2.40. The smallest absolute Gasteiger partial charge is 0.308 e. The molecule has 0 aliphatic carbocycles. The van der Waals surface area contributed by atoms with Gasteiger partial charge in [-0.1, -0.05) is 11.6 Å². The fourth-order valence-electron chi connectivity index (χ4n) is 2.28. The van der Waals surface area contributed by atoms with Crippen LogP contribution in [0.3, 0.4) is 0 Å². The standard InChI is InChI=1S/C14H18ClNO4/c15-11-3-4-12(16)10(7-11)8-14(9-13(17)18)19-5-1-2-6-20-14/h3-4,7H,1-2,5-6,8-9,16H2,(H,17,18). The van der Waals surface area contributed by atoms with E-state index in [9.17, 15) is 4.79 Å². The van der Waals surface area contributed by atoms with Crippen molar-refractivity contribution in [2.75, 3.05) is 18.9 Å². The van der Waals surface area contributed by atoms with Crippen LogP contribution >= 0.6 is 11.6 Å². The van der Waals surface area contributed by atoms with Crippen molar-refractivity contribution in [2.45, 2.75) is 31.5 Å². The number of nitrogen functional groups attached to an aromatic ring is 1. The van der Waals surface area contributed by atoms with E-state index < -0.39 is 11.8 Å². The molecule has 1 aliphatic rings. The molecule has 110 valence electrons. The van der Waals surface area contributed by atoms with Crippen LogP contribution in [0.2, 0.25) is 5.02 Å². The summed E-state index contributed by atoms with van der Waals surface area (Å²) in [7, 11) is 0. The first-order valence-electron chi connectivity index (χ1n) is 6.54. The number of carboxylic acid groups (broad SMARTS) is 1. The van der Waals surface area contributed by atoms with Crippen molar-refractivity contribution in [3.8, 4) is 0 Å². The van der Waals surface area contributed by atoms with Gasteiger partial charge in [0, 0.05) is 17.1 Å². The number of benzene rings is 1. The number of halogens is 1. The van der Waals surface area contributed by atoms with E-state index in [1.165, 1.54) is 0 Å². The summed E-state index contributed by atoms with van der Waals surface area (Å²) in [4.78, 5) is 11.1. The molecule has 1 aromatic rings. The zero-order valence-electron chi connectivity index (χ0n) is 11.1. The second-order valence-electron chi connectivity index (χ2n) is 4.91. The number of nitrogens with two attached hydrogens (primary N) is 1. The van der Waals surface area contributed by atoms with Gasteiger partial charge in [0.2, 0.25) is 0 Å². The molecule has 2 rings (SSSR count). The molecular formula is C14H18ClNO4. The molecule has 5 nitrogen and oxygen atoms in total. The maximum absolute atomic E-state index is 11.1. The number of hydrogen-bond acceptors (Lipinski definition) is 4. The van der Waals surface area contributed by atoms with Crippen molar-refractivity contribution in [3.05, 3.63) is 28.8 Å². The second kappa shape index (κ2) is 6.43. The molecule has 1 heterocycles. The predicted molar refractivity (Wildman–Crippen MR) is 75.7 cm³/mol. The zero-order valence-corrected chi connectivity index (χ0v) is 11.9. The number of carbonyl (C=O) groups is 1. The summed E-state index contributed by atoms with van der Waals surface area (Å²) >= 11 is 5.96. The van der Waals surface area contributed by atoms with Crippen molar-refractivity contribution >= 4 is 23.3 Å². The highest BCUT2D eigenvalue weighted by Crippen LogP contribution is 2.30. The first-order valence-corrected chi connectivity index (χ1v) is 6.92. The predicted octanol–water partition coefficient (Wildman–Crippen LogP) is 2.46. The highest BCUT2D eigenvalue weighted by Gasteiger charge is 2.37. The number of ether oxygens (including phenoxy) is 2. The third-order valence-corrected chi connectivity index (χ3v) is 3.49. The number of anilines is 1. The Morgan fingerprint density at radius 3 is 2.60 bits per heavy atom. The van der Waals surface area contributed by atoms with Gasteiger partial charge in [0.25, 0.3) is 0 Å². The lowest BCUT2D eigenvalue weighted by molar-refractivity contribution is -0.230. The van der Waals surface area contributed by atoms with Gasteiger partial charge in [-0.3, -0.25) is 4.79 Å². The first kappa shape index (κ1) is 15.1. The maximum Gasteiger partial charge on any atom is 0.308 e. The third kappa shape index (κ3) is 3.85. The minimum absolute atomic E-state index is 0.223. The lowest BCUT2D eigenvalue weighted by atomic mass is 10.0. The monoisotopic (exact) mass is 299 g/mol. The highest BCUT2D eigenvalue weighted by atomic mass is 35.5. The van der Waals surface area contributed by atoms with Gasteiger partial charge in [0.1, 0.15) is 0 Å². The van der Waals surface area contributed by atoms with Crippen molar-refractivity contribution < 1.29 is 19.4 Å². The molecule has 0 bridgehead atoms. The summed E-state index contributed by atoms with van der Waals surface area (Å²) in [6, 6.07) is 5.11. The molecule has 0 spiro atoms. The third-order valence-electron chi connectivity index (χ3n) is 3.25. The molecule has 1 saturated heterocycles. The number of rotatable bonds is 4. The maximum atomic E-state index is 11.1. The van der Waals surface area contributed by atoms with E-state index >= 15 is 0 Å². The van der Waals surface area contributed by atoms with Crippen LogP contribution in [0.4, 0.5) is 5.69 Å². The molecule has 0 atom stereocenters. The van der Waals surface area contributed by atoms with Gasteiger partial charge in [-0.25, -0.2) is 0 Å². The van der Waals surface area contributed by atoms with Crippen LogP contribution in [-0.4, -0.2) is 30.1 Å². The highest BCUT2D eigenvalue weighted by molar-refractivity contribution is 6.30. The Labute approximate surface area is 122 Å². The molecule has 1 aromatic carbocycles. The van der Waals surface area contributed by atoms with Crippen LogP contribution in [-0.2, 0) is 20.7 Å². The minimum Gasteiger partial charge on any atom is -0.481 e. The fraction of sp³-hybridized carbons (Fsp3) is 0.500. The van der Waals surface area contributed by atoms with Gasteiger partial charge in [0.05, 0.1) is 19.6 Å². The second-order valence-corrected chi connectivity index (χ2v) is 5.34. The summed E-state index contributed by atoms with van der Waals surface area (Å²) in [6.07, 6.45) is 1.75. The van der Waals surface area contributed by atoms with Gasteiger partial charge in [0.15, 0.2) is 5.79 Å². The SMILES string of the molecule is Nc1ccc(Cl)cc1CC1(CC(=O)O)OCCCCO1. The topological polar surface area (TPSA) is 81.8 Å². The van der Waals surface area contributed by atoms with Crippen molar-refractivity contribution in [2.24, 2.45) is 0 Å². The Bertz CT molecular complexity index is 484. The van der Waals surface area contributed by atoms with Crippen molar-refractivity contribution in [1.29, 1.82) is 0 Å². The molecule has 1 fully saturated rings. The van der Waals surface area contributed by atoms with E-state index in [0.717, 1.165) is 18.4 Å².